The van der Waals surface area contributed by atoms with Gasteiger partial charge in [-0.2, -0.15) is 0 Å². The number of anilines is 2. The van der Waals surface area contributed by atoms with Crippen molar-refractivity contribution < 1.29 is 9.53 Å². The van der Waals surface area contributed by atoms with Crippen LogP contribution in [0.15, 0.2) is 53.9 Å². The van der Waals surface area contributed by atoms with Crippen molar-refractivity contribution in [1.29, 1.82) is 0 Å². The first-order valence-electron chi connectivity index (χ1n) is 8.87. The van der Waals surface area contributed by atoms with Crippen molar-refractivity contribution in [3.05, 3.63) is 59.5 Å². The summed E-state index contributed by atoms with van der Waals surface area (Å²) < 4.78 is 5.22. The lowest BCUT2D eigenvalue weighted by molar-refractivity contribution is -0.115. The van der Waals surface area contributed by atoms with Crippen molar-refractivity contribution in [3.63, 3.8) is 0 Å². The van der Waals surface area contributed by atoms with E-state index < -0.39 is 0 Å². The predicted octanol–water partition coefficient (Wildman–Crippen LogP) is 4.66. The number of benzene rings is 2. The minimum absolute atomic E-state index is 0.0430. The molecule has 2 heterocycles. The van der Waals surface area contributed by atoms with Crippen molar-refractivity contribution in [3.8, 4) is 17.0 Å². The Labute approximate surface area is 173 Å². The molecule has 1 amide bonds. The van der Waals surface area contributed by atoms with Gasteiger partial charge in [0.2, 0.25) is 5.91 Å². The molecular weight excluding hydrogens is 390 g/mol. The van der Waals surface area contributed by atoms with E-state index in [1.165, 1.54) is 11.3 Å². The van der Waals surface area contributed by atoms with Crippen LogP contribution in [-0.2, 0) is 4.79 Å². The van der Waals surface area contributed by atoms with E-state index in [1.54, 1.807) is 18.9 Å². The number of methoxy groups -OCH3 is 1. The second-order valence-corrected chi connectivity index (χ2v) is 8.56. The van der Waals surface area contributed by atoms with Gasteiger partial charge in [-0.25, -0.2) is 4.98 Å². The number of carbonyl (C=O) groups is 1. The molecule has 4 rings (SSSR count). The molecule has 1 fully saturated rings. The zero-order chi connectivity index (χ0) is 19.7. The van der Waals surface area contributed by atoms with Gasteiger partial charge in [0, 0.05) is 30.7 Å². The molecule has 0 saturated carbocycles. The summed E-state index contributed by atoms with van der Waals surface area (Å²) >= 11 is 3.15. The van der Waals surface area contributed by atoms with Crippen LogP contribution in [0, 0.1) is 0 Å². The molecule has 1 aromatic heterocycles. The number of amides is 1. The maximum atomic E-state index is 12.6. The normalized spacial score (nSPS) is 16.5. The summed E-state index contributed by atoms with van der Waals surface area (Å²) in [6.07, 6.45) is 0. The van der Waals surface area contributed by atoms with Gasteiger partial charge in [-0.05, 0) is 42.0 Å². The van der Waals surface area contributed by atoms with Gasteiger partial charge < -0.3 is 9.64 Å². The fourth-order valence-corrected chi connectivity index (χ4v) is 5.18. The largest absolute Gasteiger partial charge is 0.497 e. The van der Waals surface area contributed by atoms with Crippen LogP contribution in [0.3, 0.4) is 0 Å². The van der Waals surface area contributed by atoms with Gasteiger partial charge in [0.25, 0.3) is 0 Å². The van der Waals surface area contributed by atoms with E-state index in [4.69, 9.17) is 9.72 Å². The van der Waals surface area contributed by atoms with E-state index >= 15 is 0 Å². The number of thioether (sulfide) groups is 1. The Bertz CT molecular complexity index is 968. The summed E-state index contributed by atoms with van der Waals surface area (Å²) in [6.45, 7) is 0. The molecule has 0 radical (unpaired) electrons. The van der Waals surface area contributed by atoms with Gasteiger partial charge in [-0.1, -0.05) is 12.1 Å². The zero-order valence-corrected chi connectivity index (χ0v) is 17.6. The molecule has 28 heavy (non-hydrogen) atoms. The molecule has 3 aromatic rings. The highest BCUT2D eigenvalue weighted by molar-refractivity contribution is 8.00. The Morgan fingerprint density at radius 2 is 1.82 bits per heavy atom. The van der Waals surface area contributed by atoms with Gasteiger partial charge in [-0.15, -0.1) is 23.1 Å². The highest BCUT2D eigenvalue weighted by atomic mass is 32.2. The average Bonchev–Trinajstić information content (AvgIpc) is 3.34. The molecule has 0 aliphatic carbocycles. The summed E-state index contributed by atoms with van der Waals surface area (Å²) in [5.74, 6) is 1.38. The molecule has 2 aromatic carbocycles. The average molecular weight is 412 g/mol. The maximum absolute atomic E-state index is 12.6. The minimum Gasteiger partial charge on any atom is -0.497 e. The minimum atomic E-state index is -0.0430. The second-order valence-electron chi connectivity index (χ2n) is 6.66. The molecule has 1 saturated heterocycles. The lowest BCUT2D eigenvalue weighted by Gasteiger charge is -2.22. The van der Waals surface area contributed by atoms with Gasteiger partial charge in [0.05, 0.1) is 18.6 Å². The van der Waals surface area contributed by atoms with Crippen molar-refractivity contribution in [2.24, 2.45) is 0 Å². The number of ether oxygens (including phenoxy) is 1. The highest BCUT2D eigenvalue weighted by Gasteiger charge is 2.35. The molecule has 5 nitrogen and oxygen atoms in total. The lowest BCUT2D eigenvalue weighted by atomic mass is 10.2. The summed E-state index contributed by atoms with van der Waals surface area (Å²) in [5, 5.41) is 2.70. The molecular formula is C21H21N3O2S2. The number of hydrogen-bond acceptors (Lipinski definition) is 6. The van der Waals surface area contributed by atoms with Crippen LogP contribution in [0.2, 0.25) is 0 Å². The van der Waals surface area contributed by atoms with E-state index in [0.717, 1.165) is 33.4 Å². The molecule has 1 atom stereocenters. The first kappa shape index (κ1) is 18.8. The Morgan fingerprint density at radius 1 is 1.11 bits per heavy atom. The molecule has 144 valence electrons. The first-order valence-corrected chi connectivity index (χ1v) is 10.8. The topological polar surface area (TPSA) is 45.7 Å². The number of thiazole rings is 1. The number of carbonyl (C=O) groups excluding carboxylic acids is 1. The van der Waals surface area contributed by atoms with Crippen LogP contribution in [0.1, 0.15) is 10.9 Å². The third-order valence-electron chi connectivity index (χ3n) is 4.65. The highest BCUT2D eigenvalue weighted by Crippen LogP contribution is 2.43. The van der Waals surface area contributed by atoms with Gasteiger partial charge >= 0.3 is 0 Å². The molecule has 0 spiro atoms. The van der Waals surface area contributed by atoms with Crippen molar-refractivity contribution in [2.75, 3.05) is 36.8 Å². The molecule has 0 unspecified atom stereocenters. The van der Waals surface area contributed by atoms with Crippen LogP contribution in [-0.4, -0.2) is 37.8 Å². The molecule has 1 aliphatic heterocycles. The monoisotopic (exact) mass is 411 g/mol. The number of rotatable bonds is 5. The smallest absolute Gasteiger partial charge is 0.240 e. The number of hydrogen-bond donors (Lipinski definition) is 0. The summed E-state index contributed by atoms with van der Waals surface area (Å²) in [4.78, 5) is 21.3. The van der Waals surface area contributed by atoms with Crippen LogP contribution < -0.4 is 14.5 Å². The van der Waals surface area contributed by atoms with Crippen molar-refractivity contribution in [2.45, 2.75) is 5.37 Å². The fourth-order valence-electron chi connectivity index (χ4n) is 3.08. The molecule has 0 bridgehead atoms. The van der Waals surface area contributed by atoms with Gasteiger partial charge in [0.15, 0.2) is 5.13 Å². The van der Waals surface area contributed by atoms with Crippen molar-refractivity contribution >= 4 is 39.8 Å². The Kier molecular flexibility index (Phi) is 5.28. The predicted molar refractivity (Wildman–Crippen MR) is 118 cm³/mol. The van der Waals surface area contributed by atoms with Crippen LogP contribution in [0.25, 0.3) is 11.3 Å². The Morgan fingerprint density at radius 3 is 2.46 bits per heavy atom. The van der Waals surface area contributed by atoms with Crippen LogP contribution >= 0.6 is 23.1 Å². The SMILES string of the molecule is COc1ccc(-c2csc(N3C(=O)CS[C@H]3c3ccc(N(C)C)cc3)n2)cc1. The van der Waals surface area contributed by atoms with Crippen LogP contribution in [0.4, 0.5) is 10.8 Å². The standard InChI is InChI=1S/C21H21N3O2S2/c1-23(2)16-8-4-15(5-9-16)20-24(19(25)13-27-20)21-22-18(12-28-21)14-6-10-17(26-3)11-7-14/h4-12,20H,13H2,1-3H3/t20-/m0/s1. The van der Waals surface area contributed by atoms with E-state index in [-0.39, 0.29) is 11.3 Å². The van der Waals surface area contributed by atoms with E-state index in [0.29, 0.717) is 5.75 Å². The fraction of sp³-hybridized carbons (Fsp3) is 0.238. The quantitative estimate of drug-likeness (QED) is 0.611. The number of nitrogens with zero attached hydrogens (tertiary/aromatic N) is 3. The van der Waals surface area contributed by atoms with E-state index in [9.17, 15) is 4.79 Å². The van der Waals surface area contributed by atoms with Crippen molar-refractivity contribution in [1.82, 2.24) is 4.98 Å². The van der Waals surface area contributed by atoms with E-state index in [1.807, 2.05) is 48.6 Å². The summed E-state index contributed by atoms with van der Waals surface area (Å²) in [5.41, 5.74) is 4.13. The molecule has 0 N–H and O–H groups in total. The van der Waals surface area contributed by atoms with Gasteiger partial charge in [-0.3, -0.25) is 9.69 Å². The second kappa shape index (κ2) is 7.85. The summed E-state index contributed by atoms with van der Waals surface area (Å²) in [6, 6.07) is 16.2. The third-order valence-corrected chi connectivity index (χ3v) is 6.70. The van der Waals surface area contributed by atoms with Crippen LogP contribution in [0.5, 0.6) is 5.75 Å². The molecule has 7 heteroatoms. The zero-order valence-electron chi connectivity index (χ0n) is 16.0. The first-order chi connectivity index (χ1) is 13.6. The number of aromatic nitrogens is 1. The Balaban J connectivity index is 1.61. The van der Waals surface area contributed by atoms with Gasteiger partial charge in [0.1, 0.15) is 11.1 Å². The lowest BCUT2D eigenvalue weighted by Crippen LogP contribution is -2.27. The molecule has 1 aliphatic rings. The Hall–Kier alpha value is -2.51. The third kappa shape index (κ3) is 3.59. The maximum Gasteiger partial charge on any atom is 0.240 e. The van der Waals surface area contributed by atoms with E-state index in [2.05, 4.69) is 29.2 Å². The summed E-state index contributed by atoms with van der Waals surface area (Å²) in [7, 11) is 5.69.